The number of esters is 2. The van der Waals surface area contributed by atoms with Gasteiger partial charge in [0.05, 0.1) is 12.2 Å². The van der Waals surface area contributed by atoms with Crippen molar-refractivity contribution in [1.82, 2.24) is 0 Å². The van der Waals surface area contributed by atoms with E-state index in [4.69, 9.17) is 9.47 Å². The van der Waals surface area contributed by atoms with Crippen LogP contribution in [0.2, 0.25) is 0 Å². The minimum absolute atomic E-state index is 0.0545. The van der Waals surface area contributed by atoms with Crippen molar-refractivity contribution in [1.29, 1.82) is 0 Å². The Morgan fingerprint density at radius 1 is 1.44 bits per heavy atom. The van der Waals surface area contributed by atoms with Crippen LogP contribution in [0.5, 0.6) is 0 Å². The maximum atomic E-state index is 11.3. The SMILES string of the molecule is C=C(C(=O)OCC)C(CCC=O)OC(C)=O. The highest BCUT2D eigenvalue weighted by atomic mass is 16.6. The molecule has 0 saturated carbocycles. The Morgan fingerprint density at radius 2 is 2.06 bits per heavy atom. The Bertz CT molecular complexity index is 282. The molecule has 0 rings (SSSR count). The lowest BCUT2D eigenvalue weighted by Crippen LogP contribution is -2.24. The van der Waals surface area contributed by atoms with Gasteiger partial charge in [0.1, 0.15) is 12.4 Å². The van der Waals surface area contributed by atoms with Crippen LogP contribution in [-0.4, -0.2) is 30.9 Å². The second-order valence-electron chi connectivity index (χ2n) is 3.09. The Balaban J connectivity index is 4.47. The van der Waals surface area contributed by atoms with Crippen LogP contribution in [0.3, 0.4) is 0 Å². The lowest BCUT2D eigenvalue weighted by molar-refractivity contribution is -0.148. The fourth-order valence-electron chi connectivity index (χ4n) is 1.08. The van der Waals surface area contributed by atoms with E-state index in [1.165, 1.54) is 6.92 Å². The van der Waals surface area contributed by atoms with E-state index in [-0.39, 0.29) is 25.0 Å². The molecule has 0 aromatic rings. The van der Waals surface area contributed by atoms with Gasteiger partial charge in [-0.05, 0) is 13.3 Å². The molecule has 0 fully saturated rings. The lowest BCUT2D eigenvalue weighted by Gasteiger charge is -2.17. The summed E-state index contributed by atoms with van der Waals surface area (Å²) < 4.78 is 9.61. The summed E-state index contributed by atoms with van der Waals surface area (Å²) >= 11 is 0. The smallest absolute Gasteiger partial charge is 0.337 e. The van der Waals surface area contributed by atoms with E-state index in [0.717, 1.165) is 0 Å². The van der Waals surface area contributed by atoms with Crippen molar-refractivity contribution in [3.63, 3.8) is 0 Å². The van der Waals surface area contributed by atoms with Crippen LogP contribution in [0.1, 0.15) is 26.7 Å². The Kier molecular flexibility index (Phi) is 6.83. The highest BCUT2D eigenvalue weighted by molar-refractivity contribution is 5.89. The second kappa shape index (κ2) is 7.62. The molecule has 5 heteroatoms. The van der Waals surface area contributed by atoms with E-state index in [2.05, 4.69) is 6.58 Å². The van der Waals surface area contributed by atoms with Gasteiger partial charge in [0.15, 0.2) is 0 Å². The van der Waals surface area contributed by atoms with Gasteiger partial charge in [0, 0.05) is 13.3 Å². The highest BCUT2D eigenvalue weighted by Gasteiger charge is 2.22. The van der Waals surface area contributed by atoms with Crippen LogP contribution < -0.4 is 0 Å². The first-order valence-electron chi connectivity index (χ1n) is 4.99. The number of rotatable bonds is 7. The Hall–Kier alpha value is -1.65. The Labute approximate surface area is 94.4 Å². The lowest BCUT2D eigenvalue weighted by atomic mass is 10.1. The molecule has 0 amide bonds. The van der Waals surface area contributed by atoms with Gasteiger partial charge >= 0.3 is 11.9 Å². The van der Waals surface area contributed by atoms with Crippen molar-refractivity contribution in [2.24, 2.45) is 0 Å². The van der Waals surface area contributed by atoms with Gasteiger partial charge in [-0.3, -0.25) is 4.79 Å². The van der Waals surface area contributed by atoms with Gasteiger partial charge in [-0.2, -0.15) is 0 Å². The third-order valence-electron chi connectivity index (χ3n) is 1.78. The summed E-state index contributed by atoms with van der Waals surface area (Å²) in [7, 11) is 0. The summed E-state index contributed by atoms with van der Waals surface area (Å²) in [5.74, 6) is -1.14. The first-order chi connectivity index (χ1) is 7.52. The number of carbonyl (C=O) groups is 3. The van der Waals surface area contributed by atoms with Gasteiger partial charge in [0.2, 0.25) is 0 Å². The molecule has 0 aromatic heterocycles. The van der Waals surface area contributed by atoms with Gasteiger partial charge in [-0.25, -0.2) is 4.79 Å². The third kappa shape index (κ3) is 5.29. The zero-order chi connectivity index (χ0) is 12.6. The summed E-state index contributed by atoms with van der Waals surface area (Å²) in [5, 5.41) is 0. The molecule has 0 saturated heterocycles. The number of hydrogen-bond donors (Lipinski definition) is 0. The number of aldehydes is 1. The monoisotopic (exact) mass is 228 g/mol. The predicted octanol–water partition coefficient (Wildman–Crippen LogP) is 1.02. The average Bonchev–Trinajstić information content (AvgIpc) is 2.23. The van der Waals surface area contributed by atoms with Crippen molar-refractivity contribution in [2.45, 2.75) is 32.8 Å². The van der Waals surface area contributed by atoms with Crippen molar-refractivity contribution < 1.29 is 23.9 Å². The highest BCUT2D eigenvalue weighted by Crippen LogP contribution is 2.13. The largest absolute Gasteiger partial charge is 0.463 e. The normalized spacial score (nSPS) is 11.4. The standard InChI is InChI=1S/C11H16O5/c1-4-15-11(14)8(2)10(6-5-7-12)16-9(3)13/h7,10H,2,4-6H2,1,3H3. The molecule has 0 radical (unpaired) electrons. The van der Waals surface area contributed by atoms with Gasteiger partial charge in [-0.1, -0.05) is 6.58 Å². The molecule has 1 unspecified atom stereocenters. The van der Waals surface area contributed by atoms with Crippen molar-refractivity contribution in [3.8, 4) is 0 Å². The van der Waals surface area contributed by atoms with E-state index < -0.39 is 18.0 Å². The first-order valence-corrected chi connectivity index (χ1v) is 4.99. The molecular formula is C11H16O5. The summed E-state index contributed by atoms with van der Waals surface area (Å²) in [6.07, 6.45) is 0.327. The summed E-state index contributed by atoms with van der Waals surface area (Å²) in [6.45, 7) is 6.63. The molecule has 0 aliphatic heterocycles. The van der Waals surface area contributed by atoms with Crippen LogP contribution in [0.25, 0.3) is 0 Å². The Morgan fingerprint density at radius 3 is 2.50 bits per heavy atom. The molecule has 0 bridgehead atoms. The van der Waals surface area contributed by atoms with Crippen molar-refractivity contribution in [3.05, 3.63) is 12.2 Å². The molecule has 5 nitrogen and oxygen atoms in total. The quantitative estimate of drug-likeness (QED) is 0.369. The number of carbonyl (C=O) groups excluding carboxylic acids is 3. The molecule has 0 N–H and O–H groups in total. The minimum Gasteiger partial charge on any atom is -0.463 e. The number of hydrogen-bond acceptors (Lipinski definition) is 5. The van der Waals surface area contributed by atoms with E-state index >= 15 is 0 Å². The second-order valence-corrected chi connectivity index (χ2v) is 3.09. The zero-order valence-electron chi connectivity index (χ0n) is 9.52. The van der Waals surface area contributed by atoms with Crippen LogP contribution >= 0.6 is 0 Å². The van der Waals surface area contributed by atoms with E-state index in [1.807, 2.05) is 0 Å². The topological polar surface area (TPSA) is 69.7 Å². The van der Waals surface area contributed by atoms with Gasteiger partial charge < -0.3 is 14.3 Å². The van der Waals surface area contributed by atoms with Crippen LogP contribution in [0.4, 0.5) is 0 Å². The van der Waals surface area contributed by atoms with Gasteiger partial charge in [0.25, 0.3) is 0 Å². The summed E-state index contributed by atoms with van der Waals surface area (Å²) in [5.41, 5.74) is 0.0545. The fraction of sp³-hybridized carbons (Fsp3) is 0.545. The molecule has 16 heavy (non-hydrogen) atoms. The van der Waals surface area contributed by atoms with Crippen molar-refractivity contribution >= 4 is 18.2 Å². The van der Waals surface area contributed by atoms with E-state index in [9.17, 15) is 14.4 Å². The maximum absolute atomic E-state index is 11.3. The summed E-state index contributed by atoms with van der Waals surface area (Å²) in [4.78, 5) is 32.4. The maximum Gasteiger partial charge on any atom is 0.337 e. The molecule has 1 atom stereocenters. The average molecular weight is 228 g/mol. The fourth-order valence-corrected chi connectivity index (χ4v) is 1.08. The molecule has 0 spiro atoms. The summed E-state index contributed by atoms with van der Waals surface area (Å²) in [6, 6.07) is 0. The molecule has 0 aliphatic rings. The minimum atomic E-state index is -0.790. The molecule has 0 aliphatic carbocycles. The zero-order valence-corrected chi connectivity index (χ0v) is 9.52. The van der Waals surface area contributed by atoms with Crippen molar-refractivity contribution in [2.75, 3.05) is 6.61 Å². The number of ether oxygens (including phenoxy) is 2. The third-order valence-corrected chi connectivity index (χ3v) is 1.78. The predicted molar refractivity (Wildman–Crippen MR) is 56.6 cm³/mol. The molecular weight excluding hydrogens is 212 g/mol. The molecule has 0 aromatic carbocycles. The first kappa shape index (κ1) is 14.3. The van der Waals surface area contributed by atoms with Gasteiger partial charge in [-0.15, -0.1) is 0 Å². The van der Waals surface area contributed by atoms with E-state index in [1.54, 1.807) is 6.92 Å². The molecule has 90 valence electrons. The van der Waals surface area contributed by atoms with Crippen LogP contribution in [-0.2, 0) is 23.9 Å². The molecule has 0 heterocycles. The van der Waals surface area contributed by atoms with Crippen LogP contribution in [0, 0.1) is 0 Å². The van der Waals surface area contributed by atoms with Crippen LogP contribution in [0.15, 0.2) is 12.2 Å². The van der Waals surface area contributed by atoms with E-state index in [0.29, 0.717) is 6.29 Å².